The predicted molar refractivity (Wildman–Crippen MR) is 66.3 cm³/mol. The van der Waals surface area contributed by atoms with Gasteiger partial charge in [0.25, 0.3) is 0 Å². The lowest BCUT2D eigenvalue weighted by molar-refractivity contribution is 0.121. The van der Waals surface area contributed by atoms with Crippen LogP contribution >= 0.6 is 0 Å². The molecule has 0 saturated carbocycles. The van der Waals surface area contributed by atoms with Crippen molar-refractivity contribution in [1.82, 2.24) is 0 Å². The first-order valence-corrected chi connectivity index (χ1v) is 7.55. The van der Waals surface area contributed by atoms with Gasteiger partial charge in [-0.05, 0) is 25.0 Å². The molecule has 17 heavy (non-hydrogen) atoms. The average molecular weight is 253 g/mol. The molecule has 1 saturated heterocycles. The lowest BCUT2D eigenvalue weighted by atomic mass is 10.1. The van der Waals surface area contributed by atoms with Crippen molar-refractivity contribution >= 4 is 15.5 Å². The first-order valence-electron chi connectivity index (χ1n) is 5.73. The van der Waals surface area contributed by atoms with Crippen molar-refractivity contribution in [2.24, 2.45) is 0 Å². The predicted octanol–water partition coefficient (Wildman–Crippen LogP) is 1.22. The van der Waals surface area contributed by atoms with Gasteiger partial charge in [-0.1, -0.05) is 12.1 Å². The van der Waals surface area contributed by atoms with Gasteiger partial charge in [-0.25, -0.2) is 8.42 Å². The minimum absolute atomic E-state index is 0.115. The summed E-state index contributed by atoms with van der Waals surface area (Å²) in [6.07, 6.45) is 1.00. The highest BCUT2D eigenvalue weighted by atomic mass is 32.2. The summed E-state index contributed by atoms with van der Waals surface area (Å²) < 4.78 is 28.3. The van der Waals surface area contributed by atoms with E-state index in [2.05, 4.69) is 11.4 Å². The molecule has 3 rings (SSSR count). The van der Waals surface area contributed by atoms with Gasteiger partial charge in [-0.15, -0.1) is 0 Å². The molecular weight excluding hydrogens is 238 g/mol. The molecule has 0 unspecified atom stereocenters. The number of rotatable bonds is 2. The number of fused-ring (bicyclic) bond motifs is 1. The minimum Gasteiger partial charge on any atom is -0.483 e. The van der Waals surface area contributed by atoms with E-state index in [0.717, 1.165) is 24.4 Å². The van der Waals surface area contributed by atoms with E-state index < -0.39 is 15.4 Å². The number of para-hydroxylation sites is 1. The zero-order valence-electron chi connectivity index (χ0n) is 9.69. The molecule has 0 bridgehead atoms. The van der Waals surface area contributed by atoms with E-state index in [1.54, 1.807) is 0 Å². The second-order valence-corrected chi connectivity index (χ2v) is 7.12. The SMILES string of the molecule is CC1(Oc2cccc3c2NCC3)CS(=O)(=O)C1. The monoisotopic (exact) mass is 253 g/mol. The summed E-state index contributed by atoms with van der Waals surface area (Å²) in [6, 6.07) is 5.92. The number of nitrogens with one attached hydrogen (secondary N) is 1. The number of anilines is 1. The standard InChI is InChI=1S/C12H15NO3S/c1-12(7-17(14,15)8-12)16-10-4-2-3-9-5-6-13-11(9)10/h2-4,13H,5-8H2,1H3. The molecule has 2 aliphatic heterocycles. The normalized spacial score (nSPS) is 23.4. The summed E-state index contributed by atoms with van der Waals surface area (Å²) in [4.78, 5) is 0. The second kappa shape index (κ2) is 3.38. The number of sulfone groups is 1. The molecule has 0 amide bonds. The summed E-state index contributed by atoms with van der Waals surface area (Å²) in [5.41, 5.74) is 1.71. The third kappa shape index (κ3) is 1.88. The molecule has 5 heteroatoms. The van der Waals surface area contributed by atoms with E-state index in [9.17, 15) is 8.42 Å². The van der Waals surface area contributed by atoms with E-state index in [4.69, 9.17) is 4.74 Å². The quantitative estimate of drug-likeness (QED) is 0.861. The molecule has 4 nitrogen and oxygen atoms in total. The summed E-state index contributed by atoms with van der Waals surface area (Å²) in [6.45, 7) is 2.77. The second-order valence-electron chi connectivity index (χ2n) is 5.05. The van der Waals surface area contributed by atoms with Crippen molar-refractivity contribution in [3.05, 3.63) is 23.8 Å². The highest BCUT2D eigenvalue weighted by Crippen LogP contribution is 2.37. The minimum atomic E-state index is -2.87. The van der Waals surface area contributed by atoms with Crippen LogP contribution in [0.5, 0.6) is 5.75 Å². The maximum atomic E-state index is 11.2. The highest BCUT2D eigenvalue weighted by Gasteiger charge is 2.47. The molecule has 0 aliphatic carbocycles. The largest absolute Gasteiger partial charge is 0.483 e. The van der Waals surface area contributed by atoms with Crippen LogP contribution < -0.4 is 10.1 Å². The molecule has 0 aromatic heterocycles. The third-order valence-electron chi connectivity index (χ3n) is 3.22. The van der Waals surface area contributed by atoms with Gasteiger partial charge in [0.1, 0.15) is 11.4 Å². The molecule has 2 heterocycles. The van der Waals surface area contributed by atoms with Gasteiger partial charge in [0.2, 0.25) is 0 Å². The molecule has 92 valence electrons. The van der Waals surface area contributed by atoms with Gasteiger partial charge in [-0.3, -0.25) is 0 Å². The number of benzene rings is 1. The Kier molecular flexibility index (Phi) is 2.17. The zero-order chi connectivity index (χ0) is 12.1. The van der Waals surface area contributed by atoms with Crippen LogP contribution in [0.25, 0.3) is 0 Å². The highest BCUT2D eigenvalue weighted by molar-refractivity contribution is 7.93. The van der Waals surface area contributed by atoms with Crippen LogP contribution in [0.1, 0.15) is 12.5 Å². The number of hydrogen-bond acceptors (Lipinski definition) is 4. The van der Waals surface area contributed by atoms with Gasteiger partial charge in [0.15, 0.2) is 9.84 Å². The van der Waals surface area contributed by atoms with Crippen LogP contribution in [0.4, 0.5) is 5.69 Å². The Morgan fingerprint density at radius 2 is 2.12 bits per heavy atom. The van der Waals surface area contributed by atoms with Crippen molar-refractivity contribution in [2.75, 3.05) is 23.4 Å². The zero-order valence-corrected chi connectivity index (χ0v) is 10.5. The van der Waals surface area contributed by atoms with Gasteiger partial charge in [-0.2, -0.15) is 0 Å². The van der Waals surface area contributed by atoms with Crippen LogP contribution in [-0.4, -0.2) is 32.1 Å². The third-order valence-corrected chi connectivity index (χ3v) is 5.32. The Labute approximate surface area is 101 Å². The van der Waals surface area contributed by atoms with Crippen LogP contribution in [0.2, 0.25) is 0 Å². The first-order chi connectivity index (χ1) is 7.98. The molecule has 0 spiro atoms. The maximum Gasteiger partial charge on any atom is 0.158 e. The summed E-state index contributed by atoms with van der Waals surface area (Å²) >= 11 is 0. The fourth-order valence-corrected chi connectivity index (χ4v) is 4.50. The molecule has 1 aromatic carbocycles. The van der Waals surface area contributed by atoms with Gasteiger partial charge in [0.05, 0.1) is 17.2 Å². The fourth-order valence-electron chi connectivity index (χ4n) is 2.61. The van der Waals surface area contributed by atoms with Crippen molar-refractivity contribution in [3.63, 3.8) is 0 Å². The number of hydrogen-bond donors (Lipinski definition) is 1. The van der Waals surface area contributed by atoms with Crippen LogP contribution in [0.15, 0.2) is 18.2 Å². The Morgan fingerprint density at radius 3 is 2.82 bits per heavy atom. The van der Waals surface area contributed by atoms with Gasteiger partial charge < -0.3 is 10.1 Å². The van der Waals surface area contributed by atoms with E-state index >= 15 is 0 Å². The first kappa shape index (κ1) is 10.9. The smallest absolute Gasteiger partial charge is 0.158 e. The van der Waals surface area contributed by atoms with Crippen LogP contribution in [0, 0.1) is 0 Å². The summed E-state index contributed by atoms with van der Waals surface area (Å²) in [5, 5.41) is 3.29. The van der Waals surface area contributed by atoms with Crippen molar-refractivity contribution in [3.8, 4) is 5.75 Å². The lowest BCUT2D eigenvalue weighted by Gasteiger charge is -2.38. The van der Waals surface area contributed by atoms with E-state index in [1.807, 2.05) is 19.1 Å². The molecule has 0 atom stereocenters. The van der Waals surface area contributed by atoms with Crippen molar-refractivity contribution < 1.29 is 13.2 Å². The van der Waals surface area contributed by atoms with Crippen LogP contribution in [-0.2, 0) is 16.3 Å². The maximum absolute atomic E-state index is 11.2. The van der Waals surface area contributed by atoms with Gasteiger partial charge >= 0.3 is 0 Å². The Hall–Kier alpha value is -1.23. The Bertz CT molecular complexity index is 553. The fraction of sp³-hybridized carbons (Fsp3) is 0.500. The molecular formula is C12H15NO3S. The Balaban J connectivity index is 1.85. The topological polar surface area (TPSA) is 55.4 Å². The van der Waals surface area contributed by atoms with Crippen LogP contribution in [0.3, 0.4) is 0 Å². The van der Waals surface area contributed by atoms with E-state index in [0.29, 0.717) is 0 Å². The average Bonchev–Trinajstić information content (AvgIpc) is 2.62. The summed E-state index contributed by atoms with van der Waals surface area (Å²) in [5.74, 6) is 1.00. The van der Waals surface area contributed by atoms with E-state index in [1.165, 1.54) is 5.56 Å². The molecule has 1 aromatic rings. The number of ether oxygens (including phenoxy) is 1. The molecule has 1 N–H and O–H groups in total. The Morgan fingerprint density at radius 1 is 1.35 bits per heavy atom. The van der Waals surface area contributed by atoms with Crippen molar-refractivity contribution in [2.45, 2.75) is 18.9 Å². The molecule has 0 radical (unpaired) electrons. The lowest BCUT2D eigenvalue weighted by Crippen LogP contribution is -2.56. The molecule has 2 aliphatic rings. The van der Waals surface area contributed by atoms with Gasteiger partial charge in [0, 0.05) is 6.54 Å². The summed E-state index contributed by atoms with van der Waals surface area (Å²) in [7, 11) is -2.87. The van der Waals surface area contributed by atoms with Crippen molar-refractivity contribution in [1.29, 1.82) is 0 Å². The van der Waals surface area contributed by atoms with E-state index in [-0.39, 0.29) is 11.5 Å². The molecule has 1 fully saturated rings.